The Morgan fingerprint density at radius 1 is 1.06 bits per heavy atom. The van der Waals surface area contributed by atoms with E-state index in [1.54, 1.807) is 4.90 Å². The Hall–Kier alpha value is -2.67. The van der Waals surface area contributed by atoms with E-state index in [4.69, 9.17) is 4.74 Å². The number of benzene rings is 1. The van der Waals surface area contributed by atoms with Crippen molar-refractivity contribution in [3.8, 4) is 0 Å². The van der Waals surface area contributed by atoms with E-state index in [-0.39, 0.29) is 29.8 Å². The summed E-state index contributed by atoms with van der Waals surface area (Å²) in [4.78, 5) is 42.1. The Bertz CT molecular complexity index is 969. The van der Waals surface area contributed by atoms with Gasteiger partial charge in [-0.3, -0.25) is 14.4 Å². The highest BCUT2D eigenvalue weighted by molar-refractivity contribution is 6.00. The molecule has 4 fully saturated rings. The lowest BCUT2D eigenvalue weighted by Gasteiger charge is -2.33. The fraction of sp³-hybridized carbons (Fsp3) is 0.560. The first-order valence-electron chi connectivity index (χ1n) is 11.9. The SMILES string of the molecule is O=C(NCc1ccccc1)[C@@H]1[C@H]2C(=O)N(C3CC3)[C@H](C(=O)NC3CCCC3)[C@]23C=C[C@H]1O3. The minimum Gasteiger partial charge on any atom is -0.359 e. The maximum absolute atomic E-state index is 13.6. The van der Waals surface area contributed by atoms with Gasteiger partial charge in [0.2, 0.25) is 17.7 Å². The van der Waals surface area contributed by atoms with E-state index in [0.717, 1.165) is 44.1 Å². The van der Waals surface area contributed by atoms with Crippen LogP contribution in [0.15, 0.2) is 42.5 Å². The second kappa shape index (κ2) is 7.44. The van der Waals surface area contributed by atoms with Crippen molar-refractivity contribution < 1.29 is 19.1 Å². The Balaban J connectivity index is 1.26. The van der Waals surface area contributed by atoms with Gasteiger partial charge in [-0.15, -0.1) is 0 Å². The van der Waals surface area contributed by atoms with Gasteiger partial charge >= 0.3 is 0 Å². The van der Waals surface area contributed by atoms with Gasteiger partial charge in [-0.2, -0.15) is 0 Å². The fourth-order valence-corrected chi connectivity index (χ4v) is 6.21. The molecule has 3 amide bonds. The van der Waals surface area contributed by atoms with Crippen LogP contribution >= 0.6 is 0 Å². The van der Waals surface area contributed by atoms with E-state index in [0.29, 0.717) is 6.54 Å². The third-order valence-electron chi connectivity index (χ3n) is 7.81. The maximum atomic E-state index is 13.6. The molecule has 2 bridgehead atoms. The number of nitrogens with one attached hydrogen (secondary N) is 2. The molecule has 3 aliphatic heterocycles. The van der Waals surface area contributed by atoms with E-state index in [1.807, 2.05) is 42.5 Å². The van der Waals surface area contributed by atoms with E-state index in [1.165, 1.54) is 0 Å². The molecule has 5 atom stereocenters. The first-order chi connectivity index (χ1) is 15.6. The quantitative estimate of drug-likeness (QED) is 0.666. The first-order valence-corrected chi connectivity index (χ1v) is 11.9. The molecular weight excluding hydrogens is 406 g/mol. The Morgan fingerprint density at radius 3 is 2.53 bits per heavy atom. The summed E-state index contributed by atoms with van der Waals surface area (Å²) < 4.78 is 6.35. The second-order valence-electron chi connectivity index (χ2n) is 9.87. The lowest BCUT2D eigenvalue weighted by atomic mass is 9.74. The number of carbonyl (C=O) groups is 3. The molecule has 2 N–H and O–H groups in total. The molecule has 7 nitrogen and oxygen atoms in total. The molecule has 0 radical (unpaired) electrons. The summed E-state index contributed by atoms with van der Waals surface area (Å²) in [5, 5.41) is 6.18. The predicted octanol–water partition coefficient (Wildman–Crippen LogP) is 1.67. The Kier molecular flexibility index (Phi) is 4.64. The average molecular weight is 436 g/mol. The number of likely N-dealkylation sites (tertiary alicyclic amines) is 1. The molecule has 2 aliphatic carbocycles. The van der Waals surface area contributed by atoms with Crippen molar-refractivity contribution >= 4 is 17.7 Å². The largest absolute Gasteiger partial charge is 0.359 e. The molecule has 6 rings (SSSR count). The van der Waals surface area contributed by atoms with Crippen LogP contribution in [0.3, 0.4) is 0 Å². The smallest absolute Gasteiger partial charge is 0.246 e. The van der Waals surface area contributed by atoms with Crippen molar-refractivity contribution in [3.63, 3.8) is 0 Å². The maximum Gasteiger partial charge on any atom is 0.246 e. The van der Waals surface area contributed by atoms with Gasteiger partial charge in [0.05, 0.1) is 17.9 Å². The van der Waals surface area contributed by atoms with Gasteiger partial charge in [-0.05, 0) is 31.2 Å². The molecule has 32 heavy (non-hydrogen) atoms. The van der Waals surface area contributed by atoms with Crippen molar-refractivity contribution in [1.29, 1.82) is 0 Å². The molecule has 1 aromatic carbocycles. The van der Waals surface area contributed by atoms with Crippen molar-refractivity contribution in [3.05, 3.63) is 48.0 Å². The van der Waals surface area contributed by atoms with Gasteiger partial charge in [0.15, 0.2) is 0 Å². The highest BCUT2D eigenvalue weighted by Gasteiger charge is 2.74. The summed E-state index contributed by atoms with van der Waals surface area (Å²) in [5.74, 6) is -1.67. The summed E-state index contributed by atoms with van der Waals surface area (Å²) >= 11 is 0. The zero-order valence-corrected chi connectivity index (χ0v) is 18.0. The molecule has 0 unspecified atom stereocenters. The predicted molar refractivity (Wildman–Crippen MR) is 116 cm³/mol. The molecule has 168 valence electrons. The number of rotatable bonds is 6. The number of hydrogen-bond donors (Lipinski definition) is 2. The van der Waals surface area contributed by atoms with E-state index >= 15 is 0 Å². The van der Waals surface area contributed by atoms with E-state index < -0.39 is 29.6 Å². The molecule has 3 heterocycles. The van der Waals surface area contributed by atoms with Crippen molar-refractivity contribution in [2.45, 2.75) is 74.9 Å². The number of hydrogen-bond acceptors (Lipinski definition) is 4. The van der Waals surface area contributed by atoms with E-state index in [2.05, 4.69) is 10.6 Å². The summed E-state index contributed by atoms with van der Waals surface area (Å²) in [7, 11) is 0. The Labute approximate surface area is 187 Å². The molecule has 0 aromatic heterocycles. The van der Waals surface area contributed by atoms with Gasteiger partial charge in [-0.1, -0.05) is 55.3 Å². The number of amides is 3. The molecule has 2 saturated carbocycles. The topological polar surface area (TPSA) is 87.7 Å². The lowest BCUT2D eigenvalue weighted by molar-refractivity contribution is -0.142. The normalized spacial score (nSPS) is 35.4. The fourth-order valence-electron chi connectivity index (χ4n) is 6.21. The molecule has 2 saturated heterocycles. The average Bonchev–Trinajstić information content (AvgIpc) is 3.13. The van der Waals surface area contributed by atoms with Crippen LogP contribution < -0.4 is 10.6 Å². The Morgan fingerprint density at radius 2 is 1.81 bits per heavy atom. The van der Waals surface area contributed by atoms with Gasteiger partial charge < -0.3 is 20.3 Å². The van der Waals surface area contributed by atoms with Gasteiger partial charge in [0.25, 0.3) is 0 Å². The third kappa shape index (κ3) is 3.01. The summed E-state index contributed by atoms with van der Waals surface area (Å²) in [5.41, 5.74) is -0.0386. The highest BCUT2D eigenvalue weighted by Crippen LogP contribution is 2.57. The minimum absolute atomic E-state index is 0.0749. The first kappa shape index (κ1) is 20.0. The molecular formula is C25H29N3O4. The van der Waals surface area contributed by atoms with Crippen LogP contribution in [0.25, 0.3) is 0 Å². The van der Waals surface area contributed by atoms with Gasteiger partial charge in [-0.25, -0.2) is 0 Å². The van der Waals surface area contributed by atoms with Crippen LogP contribution in [0.2, 0.25) is 0 Å². The van der Waals surface area contributed by atoms with Crippen LogP contribution in [0.5, 0.6) is 0 Å². The zero-order chi connectivity index (χ0) is 21.9. The van der Waals surface area contributed by atoms with Gasteiger partial charge in [0.1, 0.15) is 11.6 Å². The standard InChI is InChI=1S/C25H29N3O4/c29-22(26-14-15-6-2-1-3-7-15)19-18-12-13-25(32-18)20(19)24(31)28(17-10-11-17)21(25)23(30)27-16-8-4-5-9-16/h1-3,6-7,12-13,16-21H,4-5,8-11,14H2,(H,26,29)(H,27,30)/t18-,19+,20+,21-,25+/m1/s1. The molecule has 5 aliphatic rings. The van der Waals surface area contributed by atoms with Crippen molar-refractivity contribution in [2.24, 2.45) is 11.8 Å². The molecule has 1 spiro atoms. The number of nitrogens with zero attached hydrogens (tertiary/aromatic N) is 1. The van der Waals surface area contributed by atoms with Gasteiger partial charge in [0, 0.05) is 18.6 Å². The highest BCUT2D eigenvalue weighted by atomic mass is 16.5. The third-order valence-corrected chi connectivity index (χ3v) is 7.81. The van der Waals surface area contributed by atoms with E-state index in [9.17, 15) is 14.4 Å². The van der Waals surface area contributed by atoms with Crippen LogP contribution in [-0.4, -0.2) is 52.5 Å². The minimum atomic E-state index is -1.04. The van der Waals surface area contributed by atoms with Crippen molar-refractivity contribution in [2.75, 3.05) is 0 Å². The number of carbonyl (C=O) groups excluding carboxylic acids is 3. The lowest BCUT2D eigenvalue weighted by Crippen LogP contribution is -2.56. The summed E-state index contributed by atoms with van der Waals surface area (Å²) in [6.45, 7) is 0.401. The number of fused-ring (bicyclic) bond motifs is 1. The monoisotopic (exact) mass is 435 g/mol. The van der Waals surface area contributed by atoms with Crippen LogP contribution in [0.1, 0.15) is 44.1 Å². The second-order valence-corrected chi connectivity index (χ2v) is 9.87. The zero-order valence-electron chi connectivity index (χ0n) is 18.0. The summed E-state index contributed by atoms with van der Waals surface area (Å²) in [6, 6.07) is 9.26. The van der Waals surface area contributed by atoms with Crippen LogP contribution in [0, 0.1) is 11.8 Å². The summed E-state index contributed by atoms with van der Waals surface area (Å²) in [6.07, 6.45) is 9.31. The van der Waals surface area contributed by atoms with Crippen molar-refractivity contribution in [1.82, 2.24) is 15.5 Å². The molecule has 7 heteroatoms. The molecule has 1 aromatic rings. The van der Waals surface area contributed by atoms with Crippen LogP contribution in [-0.2, 0) is 25.7 Å². The van der Waals surface area contributed by atoms with Crippen LogP contribution in [0.4, 0.5) is 0 Å². The number of ether oxygens (including phenoxy) is 1.